The van der Waals surface area contributed by atoms with Gasteiger partial charge in [-0.1, -0.05) is 11.6 Å². The lowest BCUT2D eigenvalue weighted by atomic mass is 10.3. The standard InChI is InChI=1S/C12H20ClN5S/c1-4-14-12-15-10(13)9(19-3)11(16-12)18-7-5-17(2)6-8-18/h4-8H2,1-3H3,(H,14,15,16). The van der Waals surface area contributed by atoms with Gasteiger partial charge < -0.3 is 15.1 Å². The number of rotatable bonds is 4. The van der Waals surface area contributed by atoms with Crippen molar-refractivity contribution in [2.45, 2.75) is 11.8 Å². The molecular weight excluding hydrogens is 282 g/mol. The van der Waals surface area contributed by atoms with Crippen molar-refractivity contribution < 1.29 is 0 Å². The van der Waals surface area contributed by atoms with E-state index in [1.807, 2.05) is 13.2 Å². The van der Waals surface area contributed by atoms with Crippen LogP contribution >= 0.6 is 23.4 Å². The molecule has 2 heterocycles. The number of hydrogen-bond donors (Lipinski definition) is 1. The zero-order valence-corrected chi connectivity index (χ0v) is 13.2. The highest BCUT2D eigenvalue weighted by Crippen LogP contribution is 2.33. The molecular formula is C12H20ClN5S. The molecule has 7 heteroatoms. The Balaban J connectivity index is 2.30. The third-order valence-electron chi connectivity index (χ3n) is 3.15. The zero-order chi connectivity index (χ0) is 13.8. The molecule has 1 aliphatic rings. The van der Waals surface area contributed by atoms with Gasteiger partial charge in [0.1, 0.15) is 11.0 Å². The Morgan fingerprint density at radius 1 is 1.26 bits per heavy atom. The molecule has 1 aliphatic heterocycles. The largest absolute Gasteiger partial charge is 0.354 e. The van der Waals surface area contributed by atoms with Gasteiger partial charge >= 0.3 is 0 Å². The molecule has 1 aromatic rings. The van der Waals surface area contributed by atoms with E-state index in [2.05, 4.69) is 32.1 Å². The second-order valence-electron chi connectivity index (χ2n) is 4.52. The van der Waals surface area contributed by atoms with Crippen LogP contribution in [0.5, 0.6) is 0 Å². The first-order chi connectivity index (χ1) is 9.15. The molecule has 1 fully saturated rings. The van der Waals surface area contributed by atoms with Gasteiger partial charge in [-0.2, -0.15) is 9.97 Å². The van der Waals surface area contributed by atoms with Crippen LogP contribution in [0.2, 0.25) is 5.15 Å². The molecule has 2 rings (SSSR count). The summed E-state index contributed by atoms with van der Waals surface area (Å²) >= 11 is 7.87. The van der Waals surface area contributed by atoms with E-state index in [1.165, 1.54) is 0 Å². The minimum absolute atomic E-state index is 0.535. The third kappa shape index (κ3) is 3.43. The molecule has 0 amide bonds. The van der Waals surface area contributed by atoms with E-state index in [-0.39, 0.29) is 0 Å². The number of aromatic nitrogens is 2. The number of nitrogens with zero attached hydrogens (tertiary/aromatic N) is 4. The maximum atomic E-state index is 6.27. The molecule has 0 bridgehead atoms. The zero-order valence-electron chi connectivity index (χ0n) is 11.6. The van der Waals surface area contributed by atoms with Crippen LogP contribution in [-0.2, 0) is 0 Å². The monoisotopic (exact) mass is 301 g/mol. The molecule has 1 N–H and O–H groups in total. The lowest BCUT2D eigenvalue weighted by Gasteiger charge is -2.34. The van der Waals surface area contributed by atoms with Crippen molar-refractivity contribution in [2.24, 2.45) is 0 Å². The van der Waals surface area contributed by atoms with E-state index in [9.17, 15) is 0 Å². The number of hydrogen-bond acceptors (Lipinski definition) is 6. The lowest BCUT2D eigenvalue weighted by Crippen LogP contribution is -2.45. The van der Waals surface area contributed by atoms with Crippen LogP contribution in [0.25, 0.3) is 0 Å². The van der Waals surface area contributed by atoms with E-state index < -0.39 is 0 Å². The van der Waals surface area contributed by atoms with Crippen molar-refractivity contribution in [2.75, 3.05) is 56.2 Å². The molecule has 0 unspecified atom stereocenters. The Hall–Kier alpha value is -0.720. The van der Waals surface area contributed by atoms with Crippen LogP contribution < -0.4 is 10.2 Å². The number of likely N-dealkylation sites (N-methyl/N-ethyl adjacent to an activating group) is 1. The first kappa shape index (κ1) is 14.7. The van der Waals surface area contributed by atoms with Crippen LogP contribution in [0.1, 0.15) is 6.92 Å². The molecule has 1 saturated heterocycles. The van der Waals surface area contributed by atoms with Gasteiger partial charge in [0.15, 0.2) is 0 Å². The van der Waals surface area contributed by atoms with Crippen LogP contribution in [0, 0.1) is 0 Å². The number of piperazine rings is 1. The molecule has 19 heavy (non-hydrogen) atoms. The second kappa shape index (κ2) is 6.63. The van der Waals surface area contributed by atoms with E-state index in [4.69, 9.17) is 11.6 Å². The average Bonchev–Trinajstić information content (AvgIpc) is 2.39. The van der Waals surface area contributed by atoms with Gasteiger partial charge in [0, 0.05) is 32.7 Å². The predicted molar refractivity (Wildman–Crippen MR) is 82.7 cm³/mol. The fourth-order valence-electron chi connectivity index (χ4n) is 2.06. The summed E-state index contributed by atoms with van der Waals surface area (Å²) in [5, 5.41) is 3.67. The molecule has 1 aromatic heterocycles. The summed E-state index contributed by atoms with van der Waals surface area (Å²) in [6.07, 6.45) is 2.01. The van der Waals surface area contributed by atoms with E-state index in [0.717, 1.165) is 43.4 Å². The van der Waals surface area contributed by atoms with Crippen LogP contribution in [0.4, 0.5) is 11.8 Å². The van der Waals surface area contributed by atoms with Gasteiger partial charge in [-0.05, 0) is 20.2 Å². The highest BCUT2D eigenvalue weighted by atomic mass is 35.5. The average molecular weight is 302 g/mol. The summed E-state index contributed by atoms with van der Waals surface area (Å²) in [5.74, 6) is 1.57. The lowest BCUT2D eigenvalue weighted by molar-refractivity contribution is 0.311. The Morgan fingerprint density at radius 2 is 1.95 bits per heavy atom. The van der Waals surface area contributed by atoms with E-state index in [0.29, 0.717) is 11.1 Å². The summed E-state index contributed by atoms with van der Waals surface area (Å²) < 4.78 is 0. The molecule has 0 aromatic carbocycles. The van der Waals surface area contributed by atoms with Gasteiger partial charge in [0.2, 0.25) is 5.95 Å². The molecule has 106 valence electrons. The maximum absolute atomic E-state index is 6.27. The summed E-state index contributed by atoms with van der Waals surface area (Å²) in [7, 11) is 2.14. The van der Waals surface area contributed by atoms with Gasteiger partial charge in [0.25, 0.3) is 0 Å². The van der Waals surface area contributed by atoms with Crippen molar-refractivity contribution >= 4 is 35.1 Å². The van der Waals surface area contributed by atoms with Crippen LogP contribution in [0.3, 0.4) is 0 Å². The normalized spacial score (nSPS) is 16.7. The number of thioether (sulfide) groups is 1. The summed E-state index contributed by atoms with van der Waals surface area (Å²) in [4.78, 5) is 14.5. The van der Waals surface area contributed by atoms with Gasteiger partial charge in [-0.25, -0.2) is 0 Å². The summed E-state index contributed by atoms with van der Waals surface area (Å²) in [6.45, 7) is 6.86. The van der Waals surface area contributed by atoms with Crippen LogP contribution in [0.15, 0.2) is 4.90 Å². The minimum atomic E-state index is 0.535. The highest BCUT2D eigenvalue weighted by molar-refractivity contribution is 7.98. The second-order valence-corrected chi connectivity index (χ2v) is 5.69. The van der Waals surface area contributed by atoms with Gasteiger partial charge in [-0.15, -0.1) is 11.8 Å². The van der Waals surface area contributed by atoms with Crippen LogP contribution in [-0.4, -0.2) is 60.9 Å². The minimum Gasteiger partial charge on any atom is -0.354 e. The van der Waals surface area contributed by atoms with Crippen molar-refractivity contribution in [3.05, 3.63) is 5.15 Å². The van der Waals surface area contributed by atoms with E-state index in [1.54, 1.807) is 11.8 Å². The molecule has 0 spiro atoms. The SMILES string of the molecule is CCNc1nc(Cl)c(SC)c(N2CCN(C)CC2)n1. The highest BCUT2D eigenvalue weighted by Gasteiger charge is 2.21. The topological polar surface area (TPSA) is 44.3 Å². The summed E-state index contributed by atoms with van der Waals surface area (Å²) in [6, 6.07) is 0. The molecule has 0 aliphatic carbocycles. The fourth-order valence-corrected chi connectivity index (χ4v) is 3.02. The number of halogens is 1. The molecule has 0 saturated carbocycles. The van der Waals surface area contributed by atoms with Crippen molar-refractivity contribution in [3.8, 4) is 0 Å². The Labute approximate surface area is 123 Å². The quantitative estimate of drug-likeness (QED) is 0.678. The fraction of sp³-hybridized carbons (Fsp3) is 0.667. The smallest absolute Gasteiger partial charge is 0.226 e. The Morgan fingerprint density at radius 3 is 2.53 bits per heavy atom. The Kier molecular flexibility index (Phi) is 5.13. The first-order valence-corrected chi connectivity index (χ1v) is 8.04. The van der Waals surface area contributed by atoms with Crippen molar-refractivity contribution in [1.82, 2.24) is 14.9 Å². The molecule has 5 nitrogen and oxygen atoms in total. The maximum Gasteiger partial charge on any atom is 0.226 e. The van der Waals surface area contributed by atoms with Gasteiger partial charge in [0.05, 0.1) is 4.90 Å². The van der Waals surface area contributed by atoms with Gasteiger partial charge in [-0.3, -0.25) is 0 Å². The van der Waals surface area contributed by atoms with Crippen molar-refractivity contribution in [1.29, 1.82) is 0 Å². The van der Waals surface area contributed by atoms with Crippen molar-refractivity contribution in [3.63, 3.8) is 0 Å². The number of anilines is 2. The summed E-state index contributed by atoms with van der Waals surface area (Å²) in [5.41, 5.74) is 0. The molecule has 0 atom stereocenters. The van der Waals surface area contributed by atoms with E-state index >= 15 is 0 Å². The Bertz CT molecular complexity index is 434. The third-order valence-corrected chi connectivity index (χ3v) is 4.32. The molecule has 0 radical (unpaired) electrons. The number of nitrogens with one attached hydrogen (secondary N) is 1. The first-order valence-electron chi connectivity index (χ1n) is 6.44. The predicted octanol–water partition coefficient (Wildman–Crippen LogP) is 2.04.